The Morgan fingerprint density at radius 2 is 1.81 bits per heavy atom. The van der Waals surface area contributed by atoms with E-state index in [9.17, 15) is 4.79 Å². The fourth-order valence-electron chi connectivity index (χ4n) is 2.24. The minimum absolute atomic E-state index is 0.258. The summed E-state index contributed by atoms with van der Waals surface area (Å²) in [5.41, 5.74) is 2.49. The first-order valence-corrected chi connectivity index (χ1v) is 8.45. The van der Waals surface area contributed by atoms with Crippen LogP contribution in [-0.2, 0) is 11.4 Å². The molecule has 3 rings (SSSR count). The number of carbonyl (C=O) groups is 1. The van der Waals surface area contributed by atoms with Crippen LogP contribution in [0.25, 0.3) is 6.08 Å². The monoisotopic (exact) mass is 364 g/mol. The third-order valence-electron chi connectivity index (χ3n) is 3.57. The Morgan fingerprint density at radius 1 is 1.04 bits per heavy atom. The lowest BCUT2D eigenvalue weighted by Crippen LogP contribution is -2.08. The van der Waals surface area contributed by atoms with Gasteiger partial charge in [0.2, 0.25) is 5.91 Å². The van der Waals surface area contributed by atoms with Gasteiger partial charge in [-0.3, -0.25) is 4.79 Å². The summed E-state index contributed by atoms with van der Waals surface area (Å²) < 4.78 is 5.74. The van der Waals surface area contributed by atoms with Gasteiger partial charge < -0.3 is 10.1 Å². The molecule has 3 aromatic rings. The van der Waals surface area contributed by atoms with Crippen LogP contribution in [0.15, 0.2) is 79.0 Å². The predicted octanol–water partition coefficient (Wildman–Crippen LogP) is 4.97. The van der Waals surface area contributed by atoms with Crippen molar-refractivity contribution in [2.24, 2.45) is 0 Å². The number of hydrogen-bond acceptors (Lipinski definition) is 3. The molecule has 1 N–H and O–H groups in total. The van der Waals surface area contributed by atoms with E-state index >= 15 is 0 Å². The van der Waals surface area contributed by atoms with Crippen molar-refractivity contribution in [3.05, 3.63) is 95.3 Å². The number of ether oxygens (including phenoxy) is 1. The molecule has 0 spiro atoms. The molecule has 0 bridgehead atoms. The number of halogens is 1. The van der Waals surface area contributed by atoms with Crippen LogP contribution in [0.1, 0.15) is 11.1 Å². The van der Waals surface area contributed by atoms with Gasteiger partial charge in [0.05, 0.1) is 5.69 Å². The van der Waals surface area contributed by atoms with E-state index in [1.807, 2.05) is 54.6 Å². The number of amides is 1. The number of nitrogens with zero attached hydrogens (tertiary/aromatic N) is 1. The van der Waals surface area contributed by atoms with Gasteiger partial charge in [-0.1, -0.05) is 54.1 Å². The molecule has 0 aliphatic carbocycles. The third kappa shape index (κ3) is 5.19. The molecule has 1 heterocycles. The van der Waals surface area contributed by atoms with Crippen molar-refractivity contribution in [2.75, 3.05) is 5.32 Å². The summed E-state index contributed by atoms with van der Waals surface area (Å²) in [5, 5.41) is 2.94. The van der Waals surface area contributed by atoms with Crippen LogP contribution >= 0.6 is 11.6 Å². The normalized spacial score (nSPS) is 10.7. The molecule has 2 aromatic carbocycles. The zero-order chi connectivity index (χ0) is 18.2. The first-order chi connectivity index (χ1) is 12.7. The molecule has 4 nitrogen and oxygen atoms in total. The summed E-state index contributed by atoms with van der Waals surface area (Å²) in [6, 6.07) is 20.9. The number of benzene rings is 2. The molecule has 0 aliphatic rings. The van der Waals surface area contributed by atoms with Gasteiger partial charge in [0.25, 0.3) is 0 Å². The van der Waals surface area contributed by atoms with Crippen molar-refractivity contribution >= 4 is 29.3 Å². The van der Waals surface area contributed by atoms with Crippen molar-refractivity contribution in [1.29, 1.82) is 0 Å². The lowest BCUT2D eigenvalue weighted by Gasteiger charge is -2.06. The van der Waals surface area contributed by atoms with Gasteiger partial charge in [0.15, 0.2) is 5.15 Å². The lowest BCUT2D eigenvalue weighted by atomic mass is 10.2. The van der Waals surface area contributed by atoms with Crippen LogP contribution in [-0.4, -0.2) is 10.9 Å². The lowest BCUT2D eigenvalue weighted by molar-refractivity contribution is -0.111. The second kappa shape index (κ2) is 8.83. The van der Waals surface area contributed by atoms with Crippen molar-refractivity contribution in [1.82, 2.24) is 4.98 Å². The van der Waals surface area contributed by atoms with E-state index < -0.39 is 0 Å². The van der Waals surface area contributed by atoms with E-state index in [0.29, 0.717) is 12.3 Å². The third-order valence-corrected chi connectivity index (χ3v) is 3.87. The highest BCUT2D eigenvalue weighted by atomic mass is 35.5. The maximum atomic E-state index is 12.0. The highest BCUT2D eigenvalue weighted by molar-refractivity contribution is 6.32. The highest BCUT2D eigenvalue weighted by Crippen LogP contribution is 2.18. The van der Waals surface area contributed by atoms with E-state index in [1.165, 1.54) is 6.08 Å². The zero-order valence-electron chi connectivity index (χ0n) is 13.9. The van der Waals surface area contributed by atoms with E-state index in [0.717, 1.165) is 16.9 Å². The van der Waals surface area contributed by atoms with Gasteiger partial charge in [-0.25, -0.2) is 4.98 Å². The molecule has 0 saturated heterocycles. The number of anilines is 1. The summed E-state index contributed by atoms with van der Waals surface area (Å²) in [6.45, 7) is 0.518. The fraction of sp³-hybridized carbons (Fsp3) is 0.0476. The number of pyridine rings is 1. The first-order valence-electron chi connectivity index (χ1n) is 8.07. The average Bonchev–Trinajstić information content (AvgIpc) is 2.68. The van der Waals surface area contributed by atoms with Gasteiger partial charge in [-0.2, -0.15) is 0 Å². The van der Waals surface area contributed by atoms with Crippen LogP contribution < -0.4 is 10.1 Å². The number of carbonyl (C=O) groups excluding carboxylic acids is 1. The Kier molecular flexibility index (Phi) is 6.01. The molecule has 0 fully saturated rings. The molecule has 0 atom stereocenters. The Bertz CT molecular complexity index is 893. The van der Waals surface area contributed by atoms with Crippen LogP contribution in [0.4, 0.5) is 5.69 Å². The molecule has 0 unspecified atom stereocenters. The number of nitrogens with one attached hydrogen (secondary N) is 1. The van der Waals surface area contributed by atoms with Gasteiger partial charge in [0.1, 0.15) is 12.4 Å². The van der Waals surface area contributed by atoms with E-state index in [-0.39, 0.29) is 11.1 Å². The Labute approximate surface area is 157 Å². The van der Waals surface area contributed by atoms with Crippen LogP contribution in [0.5, 0.6) is 5.75 Å². The number of hydrogen-bond donors (Lipinski definition) is 1. The first kappa shape index (κ1) is 17.7. The van der Waals surface area contributed by atoms with Gasteiger partial charge in [0, 0.05) is 12.3 Å². The van der Waals surface area contributed by atoms with E-state index in [4.69, 9.17) is 16.3 Å². The Balaban J connectivity index is 1.54. The molecule has 130 valence electrons. The maximum absolute atomic E-state index is 12.0. The van der Waals surface area contributed by atoms with Crippen molar-refractivity contribution in [3.63, 3.8) is 0 Å². The SMILES string of the molecule is O=C(/C=C/c1ccc(OCc2ccccc2)cc1)Nc1cccnc1Cl. The number of aromatic nitrogens is 1. The average molecular weight is 365 g/mol. The summed E-state index contributed by atoms with van der Waals surface area (Å²) in [6.07, 6.45) is 4.74. The summed E-state index contributed by atoms with van der Waals surface area (Å²) >= 11 is 5.91. The van der Waals surface area contributed by atoms with Crippen LogP contribution in [0.2, 0.25) is 5.15 Å². The quantitative estimate of drug-likeness (QED) is 0.496. The minimum Gasteiger partial charge on any atom is -0.489 e. The maximum Gasteiger partial charge on any atom is 0.248 e. The predicted molar refractivity (Wildman–Crippen MR) is 104 cm³/mol. The van der Waals surface area contributed by atoms with Crippen molar-refractivity contribution < 1.29 is 9.53 Å². The molecule has 0 saturated carbocycles. The Morgan fingerprint density at radius 3 is 2.54 bits per heavy atom. The molecular weight excluding hydrogens is 348 g/mol. The largest absolute Gasteiger partial charge is 0.489 e. The molecular formula is C21H17ClN2O2. The molecule has 26 heavy (non-hydrogen) atoms. The minimum atomic E-state index is -0.274. The van der Waals surface area contributed by atoms with Gasteiger partial charge >= 0.3 is 0 Å². The second-order valence-electron chi connectivity index (χ2n) is 5.51. The summed E-state index contributed by atoms with van der Waals surface area (Å²) in [7, 11) is 0. The molecule has 1 amide bonds. The Hall–Kier alpha value is -3.11. The zero-order valence-corrected chi connectivity index (χ0v) is 14.7. The highest BCUT2D eigenvalue weighted by Gasteiger charge is 2.03. The van der Waals surface area contributed by atoms with Crippen molar-refractivity contribution in [2.45, 2.75) is 6.61 Å². The van der Waals surface area contributed by atoms with E-state index in [2.05, 4.69) is 10.3 Å². The summed E-state index contributed by atoms with van der Waals surface area (Å²) in [4.78, 5) is 15.9. The topological polar surface area (TPSA) is 51.2 Å². The molecule has 0 aliphatic heterocycles. The van der Waals surface area contributed by atoms with Crippen molar-refractivity contribution in [3.8, 4) is 5.75 Å². The molecule has 1 aromatic heterocycles. The van der Waals surface area contributed by atoms with Crippen LogP contribution in [0.3, 0.4) is 0 Å². The smallest absolute Gasteiger partial charge is 0.248 e. The van der Waals surface area contributed by atoms with Crippen LogP contribution in [0, 0.1) is 0 Å². The van der Waals surface area contributed by atoms with Gasteiger partial charge in [-0.05, 0) is 41.5 Å². The standard InChI is InChI=1S/C21H17ClN2O2/c22-21-19(7-4-14-23-21)24-20(25)13-10-16-8-11-18(12-9-16)26-15-17-5-2-1-3-6-17/h1-14H,15H2,(H,24,25)/b13-10+. The summed E-state index contributed by atoms with van der Waals surface area (Å²) in [5.74, 6) is 0.502. The number of rotatable bonds is 6. The second-order valence-corrected chi connectivity index (χ2v) is 5.87. The van der Waals surface area contributed by atoms with Gasteiger partial charge in [-0.15, -0.1) is 0 Å². The fourth-order valence-corrected chi connectivity index (χ4v) is 2.41. The molecule has 0 radical (unpaired) electrons. The van der Waals surface area contributed by atoms with E-state index in [1.54, 1.807) is 24.4 Å². The molecule has 5 heteroatoms.